The first-order valence-electron chi connectivity index (χ1n) is 6.40. The fourth-order valence-corrected chi connectivity index (χ4v) is 2.38. The Morgan fingerprint density at radius 1 is 1.17 bits per heavy atom. The van der Waals surface area contributed by atoms with Crippen LogP contribution in [0.15, 0.2) is 30.5 Å². The minimum Gasteiger partial charge on any atom is -0.400 e. The second-order valence-corrected chi connectivity index (χ2v) is 8.10. The van der Waals surface area contributed by atoms with Gasteiger partial charge in [0.2, 0.25) is 9.04 Å². The van der Waals surface area contributed by atoms with Crippen LogP contribution in [-0.2, 0) is 16.6 Å². The number of aromatic nitrogens is 1. The Labute approximate surface area is 111 Å². The van der Waals surface area contributed by atoms with Gasteiger partial charge >= 0.3 is 0 Å². The molecule has 0 aliphatic heterocycles. The van der Waals surface area contributed by atoms with Crippen molar-refractivity contribution in [3.8, 4) is 0 Å². The number of hydrogen-bond acceptors (Lipinski definition) is 1. The number of rotatable bonds is 3. The van der Waals surface area contributed by atoms with Crippen LogP contribution in [0.1, 0.15) is 26.3 Å². The normalized spacial score (nSPS) is 12.6. The van der Waals surface area contributed by atoms with E-state index < -0.39 is 9.04 Å². The van der Waals surface area contributed by atoms with Crippen LogP contribution in [0, 0.1) is 0 Å². The molecular weight excluding hydrogens is 238 g/mol. The smallest absolute Gasteiger partial charge is 0.207 e. The highest BCUT2D eigenvalue weighted by atomic mass is 28.3. The summed E-state index contributed by atoms with van der Waals surface area (Å²) in [7, 11) is -0.630. The van der Waals surface area contributed by atoms with E-state index in [4.69, 9.17) is 4.43 Å². The molecule has 2 aromatic rings. The molecule has 0 spiro atoms. The van der Waals surface area contributed by atoms with Crippen LogP contribution < -0.4 is 0 Å². The third-order valence-corrected chi connectivity index (χ3v) is 3.84. The molecule has 0 amide bonds. The van der Waals surface area contributed by atoms with Gasteiger partial charge in [-0.25, -0.2) is 0 Å². The minimum atomic E-state index is -0.630. The van der Waals surface area contributed by atoms with Gasteiger partial charge in [-0.3, -0.25) is 0 Å². The summed E-state index contributed by atoms with van der Waals surface area (Å²) in [6.45, 7) is 11.7. The first-order chi connectivity index (χ1) is 8.38. The van der Waals surface area contributed by atoms with Crippen LogP contribution in [0.2, 0.25) is 13.1 Å². The Balaban J connectivity index is 2.32. The molecular formula is C15H22NOSi. The van der Waals surface area contributed by atoms with Crippen LogP contribution >= 0.6 is 0 Å². The van der Waals surface area contributed by atoms with Crippen molar-refractivity contribution in [2.24, 2.45) is 0 Å². The summed E-state index contributed by atoms with van der Waals surface area (Å²) in [4.78, 5) is 0. The molecule has 0 aliphatic rings. The van der Waals surface area contributed by atoms with E-state index in [-0.39, 0.29) is 5.41 Å². The monoisotopic (exact) mass is 260 g/mol. The van der Waals surface area contributed by atoms with Crippen molar-refractivity contribution in [2.45, 2.75) is 46.0 Å². The second-order valence-electron chi connectivity index (χ2n) is 5.99. The van der Waals surface area contributed by atoms with Crippen molar-refractivity contribution in [2.75, 3.05) is 0 Å². The summed E-state index contributed by atoms with van der Waals surface area (Å²) in [5.74, 6) is 0. The maximum Gasteiger partial charge on any atom is 0.207 e. The van der Waals surface area contributed by atoms with Gasteiger partial charge in [0.15, 0.2) is 0 Å². The van der Waals surface area contributed by atoms with Gasteiger partial charge < -0.3 is 8.99 Å². The second kappa shape index (κ2) is 4.90. The third-order valence-electron chi connectivity index (χ3n) is 3.13. The Morgan fingerprint density at radius 2 is 1.89 bits per heavy atom. The average molecular weight is 260 g/mol. The van der Waals surface area contributed by atoms with E-state index in [0.29, 0.717) is 6.73 Å². The number of nitrogens with zero attached hydrogens (tertiary/aromatic N) is 1. The lowest BCUT2D eigenvalue weighted by Crippen LogP contribution is -2.12. The van der Waals surface area contributed by atoms with E-state index in [9.17, 15) is 0 Å². The topological polar surface area (TPSA) is 14.2 Å². The van der Waals surface area contributed by atoms with E-state index in [2.05, 4.69) is 68.9 Å². The molecule has 0 bridgehead atoms. The predicted octanol–water partition coefficient (Wildman–Crippen LogP) is 4.16. The lowest BCUT2D eigenvalue weighted by atomic mass is 9.86. The molecule has 97 valence electrons. The van der Waals surface area contributed by atoms with E-state index >= 15 is 0 Å². The van der Waals surface area contributed by atoms with Crippen LogP contribution in [-0.4, -0.2) is 13.6 Å². The molecule has 1 aromatic heterocycles. The van der Waals surface area contributed by atoms with Gasteiger partial charge in [-0.05, 0) is 47.7 Å². The van der Waals surface area contributed by atoms with Gasteiger partial charge in [0.1, 0.15) is 6.73 Å². The van der Waals surface area contributed by atoms with Crippen molar-refractivity contribution < 1.29 is 4.43 Å². The average Bonchev–Trinajstić information content (AvgIpc) is 2.67. The summed E-state index contributed by atoms with van der Waals surface area (Å²) in [5.41, 5.74) is 2.84. The Bertz CT molecular complexity index is 537. The molecule has 2 nitrogen and oxygen atoms in total. The molecule has 1 radical (unpaired) electrons. The van der Waals surface area contributed by atoms with Gasteiger partial charge in [-0.2, -0.15) is 0 Å². The maximum absolute atomic E-state index is 5.76. The summed E-state index contributed by atoms with van der Waals surface area (Å²) in [6.07, 6.45) is 2.11. The summed E-state index contributed by atoms with van der Waals surface area (Å²) in [6, 6.07) is 8.89. The molecule has 0 saturated heterocycles. The zero-order valence-corrected chi connectivity index (χ0v) is 12.9. The molecule has 1 heterocycles. The van der Waals surface area contributed by atoms with E-state index in [1.54, 1.807) is 0 Å². The molecule has 0 aliphatic carbocycles. The van der Waals surface area contributed by atoms with E-state index in [0.717, 1.165) is 0 Å². The lowest BCUT2D eigenvalue weighted by molar-refractivity contribution is 0.246. The highest BCUT2D eigenvalue weighted by Gasteiger charge is 2.14. The first kappa shape index (κ1) is 13.4. The van der Waals surface area contributed by atoms with Gasteiger partial charge in [-0.1, -0.05) is 26.8 Å². The summed E-state index contributed by atoms with van der Waals surface area (Å²) < 4.78 is 7.94. The third kappa shape index (κ3) is 2.84. The largest absolute Gasteiger partial charge is 0.400 e. The predicted molar refractivity (Wildman–Crippen MR) is 79.2 cm³/mol. The molecule has 0 fully saturated rings. The highest BCUT2D eigenvalue weighted by Crippen LogP contribution is 2.26. The van der Waals surface area contributed by atoms with Crippen LogP contribution in [0.5, 0.6) is 0 Å². The number of hydrogen-bond donors (Lipinski definition) is 0. The van der Waals surface area contributed by atoms with Crippen molar-refractivity contribution in [1.29, 1.82) is 0 Å². The fraction of sp³-hybridized carbons (Fsp3) is 0.467. The zero-order chi connectivity index (χ0) is 13.3. The van der Waals surface area contributed by atoms with E-state index in [1.165, 1.54) is 16.5 Å². The minimum absolute atomic E-state index is 0.204. The molecule has 1 aromatic carbocycles. The Kier molecular flexibility index (Phi) is 3.64. The SMILES string of the molecule is C[Si](C)OCn1ccc2cc(C(C)(C)C)ccc21. The quantitative estimate of drug-likeness (QED) is 0.756. The summed E-state index contributed by atoms with van der Waals surface area (Å²) >= 11 is 0. The zero-order valence-electron chi connectivity index (χ0n) is 11.9. The van der Waals surface area contributed by atoms with Crippen LogP contribution in [0.25, 0.3) is 10.9 Å². The molecule has 0 atom stereocenters. The lowest BCUT2D eigenvalue weighted by Gasteiger charge is -2.19. The van der Waals surface area contributed by atoms with Gasteiger partial charge in [-0.15, -0.1) is 0 Å². The van der Waals surface area contributed by atoms with Gasteiger partial charge in [0.25, 0.3) is 0 Å². The molecule has 18 heavy (non-hydrogen) atoms. The van der Waals surface area contributed by atoms with Gasteiger partial charge in [0, 0.05) is 11.7 Å². The van der Waals surface area contributed by atoms with Crippen molar-refractivity contribution in [3.05, 3.63) is 36.0 Å². The summed E-state index contributed by atoms with van der Waals surface area (Å²) in [5, 5.41) is 1.30. The highest BCUT2D eigenvalue weighted by molar-refractivity contribution is 6.48. The molecule has 3 heteroatoms. The molecule has 0 N–H and O–H groups in total. The first-order valence-corrected chi connectivity index (χ1v) is 8.81. The van der Waals surface area contributed by atoms with Crippen molar-refractivity contribution in [1.82, 2.24) is 4.57 Å². The van der Waals surface area contributed by atoms with E-state index in [1.807, 2.05) is 0 Å². The molecule has 0 saturated carbocycles. The van der Waals surface area contributed by atoms with Crippen molar-refractivity contribution >= 4 is 19.9 Å². The number of benzene rings is 1. The fourth-order valence-electron chi connectivity index (χ4n) is 1.98. The standard InChI is InChI=1S/C15H22NOSi/c1-15(2,3)13-6-7-14-12(10-13)8-9-16(14)11-17-18(4)5/h6-10H,11H2,1-5H3. The van der Waals surface area contributed by atoms with Crippen molar-refractivity contribution in [3.63, 3.8) is 0 Å². The maximum atomic E-state index is 5.76. The van der Waals surface area contributed by atoms with Crippen LogP contribution in [0.3, 0.4) is 0 Å². The Morgan fingerprint density at radius 3 is 2.50 bits per heavy atom. The number of fused-ring (bicyclic) bond motifs is 1. The molecule has 2 rings (SSSR count). The van der Waals surface area contributed by atoms with Gasteiger partial charge in [0.05, 0.1) is 0 Å². The Hall–Kier alpha value is -1.06. The van der Waals surface area contributed by atoms with Crippen LogP contribution in [0.4, 0.5) is 0 Å². The molecule has 0 unspecified atom stereocenters.